The van der Waals surface area contributed by atoms with Crippen molar-refractivity contribution in [1.29, 1.82) is 0 Å². The van der Waals surface area contributed by atoms with Gasteiger partial charge in [-0.25, -0.2) is 4.79 Å². The first-order chi connectivity index (χ1) is 13.9. The van der Waals surface area contributed by atoms with Gasteiger partial charge in [-0.05, 0) is 37.3 Å². The van der Waals surface area contributed by atoms with Crippen LogP contribution < -0.4 is 10.1 Å². The third kappa shape index (κ3) is 4.63. The van der Waals surface area contributed by atoms with E-state index < -0.39 is 29.2 Å². The lowest BCUT2D eigenvalue weighted by Gasteiger charge is -2.29. The molecule has 11 heteroatoms. The molecule has 0 spiro atoms. The average Bonchev–Trinajstić information content (AvgIpc) is 2.68. The van der Waals surface area contributed by atoms with E-state index in [-0.39, 0.29) is 33.7 Å². The number of carbonyl (C=O) groups excluding carboxylic acids is 2. The molecule has 0 saturated heterocycles. The Labute approximate surface area is 179 Å². The van der Waals surface area contributed by atoms with E-state index in [1.54, 1.807) is 0 Å². The van der Waals surface area contributed by atoms with E-state index in [1.165, 1.54) is 25.1 Å². The quantitative estimate of drug-likeness (QED) is 0.610. The summed E-state index contributed by atoms with van der Waals surface area (Å²) in [7, 11) is 1.14. The van der Waals surface area contributed by atoms with Gasteiger partial charge in [0, 0.05) is 11.1 Å². The zero-order chi connectivity index (χ0) is 22.7. The number of esters is 1. The Bertz CT molecular complexity index is 968. The van der Waals surface area contributed by atoms with Crippen molar-refractivity contribution in [2.45, 2.75) is 18.7 Å². The van der Waals surface area contributed by atoms with Crippen molar-refractivity contribution >= 4 is 40.8 Å². The predicted octanol–water partition coefficient (Wildman–Crippen LogP) is 4.57. The average molecular weight is 466 g/mol. The minimum atomic E-state index is -5.37. The first kappa shape index (κ1) is 23.8. The van der Waals surface area contributed by atoms with Crippen LogP contribution in [0, 0.1) is 0 Å². The Morgan fingerprint density at radius 3 is 2.30 bits per heavy atom. The van der Waals surface area contributed by atoms with Crippen molar-refractivity contribution in [2.24, 2.45) is 0 Å². The summed E-state index contributed by atoms with van der Waals surface area (Å²) in [5.41, 5.74) is -4.62. The number of hydrogen-bond acceptors (Lipinski definition) is 5. The fraction of sp³-hybridized carbons (Fsp3) is 0.263. The van der Waals surface area contributed by atoms with Crippen LogP contribution in [-0.4, -0.2) is 36.9 Å². The summed E-state index contributed by atoms with van der Waals surface area (Å²) in [5.74, 6) is -2.75. The SMILES string of the molecule is CCOC(=O)[C@@](O)(c1ccc(NC(=O)c2ccc(Cl)c(Cl)c2)c(OC)c1)C(F)(F)F. The molecular weight excluding hydrogens is 450 g/mol. The van der Waals surface area contributed by atoms with Crippen LogP contribution in [0.1, 0.15) is 22.8 Å². The van der Waals surface area contributed by atoms with Crippen LogP contribution in [0.3, 0.4) is 0 Å². The van der Waals surface area contributed by atoms with Gasteiger partial charge >= 0.3 is 12.1 Å². The molecule has 0 bridgehead atoms. The Balaban J connectivity index is 2.43. The van der Waals surface area contributed by atoms with Crippen LogP contribution in [0.15, 0.2) is 36.4 Å². The maximum absolute atomic E-state index is 13.5. The molecule has 0 aromatic heterocycles. The van der Waals surface area contributed by atoms with Gasteiger partial charge in [0.1, 0.15) is 5.75 Å². The summed E-state index contributed by atoms with van der Waals surface area (Å²) in [4.78, 5) is 24.3. The first-order valence-electron chi connectivity index (χ1n) is 8.37. The summed E-state index contributed by atoms with van der Waals surface area (Å²) < 4.78 is 50.0. The fourth-order valence-electron chi connectivity index (χ4n) is 2.48. The molecule has 1 amide bonds. The van der Waals surface area contributed by atoms with E-state index >= 15 is 0 Å². The van der Waals surface area contributed by atoms with E-state index in [4.69, 9.17) is 27.9 Å². The number of nitrogens with one attached hydrogen (secondary N) is 1. The van der Waals surface area contributed by atoms with E-state index in [2.05, 4.69) is 10.1 Å². The number of alkyl halides is 3. The molecule has 1 atom stereocenters. The highest BCUT2D eigenvalue weighted by Crippen LogP contribution is 2.42. The molecule has 6 nitrogen and oxygen atoms in total. The van der Waals surface area contributed by atoms with Crippen LogP contribution in [-0.2, 0) is 15.1 Å². The van der Waals surface area contributed by atoms with Gasteiger partial charge in [-0.2, -0.15) is 13.2 Å². The summed E-state index contributed by atoms with van der Waals surface area (Å²) >= 11 is 11.7. The zero-order valence-electron chi connectivity index (χ0n) is 15.6. The smallest absolute Gasteiger partial charge is 0.432 e. The fourth-order valence-corrected chi connectivity index (χ4v) is 2.78. The number of ether oxygens (including phenoxy) is 2. The number of halogens is 5. The Hall–Kier alpha value is -2.49. The van der Waals surface area contributed by atoms with E-state index in [0.29, 0.717) is 0 Å². The molecule has 2 rings (SSSR count). The second-order valence-corrected chi connectivity index (χ2v) is 6.74. The number of amides is 1. The van der Waals surface area contributed by atoms with E-state index in [0.717, 1.165) is 25.3 Å². The van der Waals surface area contributed by atoms with Crippen molar-refractivity contribution < 1.29 is 37.3 Å². The number of hydrogen-bond donors (Lipinski definition) is 2. The van der Waals surface area contributed by atoms with Gasteiger partial charge in [0.25, 0.3) is 11.5 Å². The second-order valence-electron chi connectivity index (χ2n) is 5.93. The normalized spacial score (nSPS) is 13.3. The van der Waals surface area contributed by atoms with Crippen LogP contribution in [0.5, 0.6) is 5.75 Å². The van der Waals surface area contributed by atoms with Crippen LogP contribution in [0.4, 0.5) is 18.9 Å². The molecule has 0 aliphatic heterocycles. The predicted molar refractivity (Wildman–Crippen MR) is 104 cm³/mol. The lowest BCUT2D eigenvalue weighted by atomic mass is 9.92. The number of aliphatic hydroxyl groups is 1. The molecule has 2 aromatic carbocycles. The number of anilines is 1. The number of carbonyl (C=O) groups is 2. The maximum Gasteiger partial charge on any atom is 0.432 e. The topological polar surface area (TPSA) is 84.9 Å². The zero-order valence-corrected chi connectivity index (χ0v) is 17.2. The van der Waals surface area contributed by atoms with Crippen molar-refractivity contribution in [2.75, 3.05) is 19.0 Å². The van der Waals surface area contributed by atoms with E-state index in [1.807, 2.05) is 0 Å². The summed E-state index contributed by atoms with van der Waals surface area (Å²) in [6.07, 6.45) is -5.37. The Morgan fingerprint density at radius 2 is 1.77 bits per heavy atom. The third-order valence-corrected chi connectivity index (χ3v) is 4.77. The Morgan fingerprint density at radius 1 is 1.10 bits per heavy atom. The molecule has 0 fully saturated rings. The minimum Gasteiger partial charge on any atom is -0.495 e. The van der Waals surface area contributed by atoms with Gasteiger partial charge < -0.3 is 19.9 Å². The van der Waals surface area contributed by atoms with Crippen molar-refractivity contribution in [3.05, 3.63) is 57.6 Å². The standard InChI is InChI=1S/C19H16Cl2F3NO5/c1-3-30-17(27)18(28,19(22,23)24)11-5-7-14(15(9-11)29-2)25-16(26)10-4-6-12(20)13(21)8-10/h4-9,28H,3H2,1-2H3,(H,25,26)/t18-/m0/s1. The molecule has 0 radical (unpaired) electrons. The maximum atomic E-state index is 13.5. The lowest BCUT2D eigenvalue weighted by Crippen LogP contribution is -2.50. The molecular formula is C19H16Cl2F3NO5. The lowest BCUT2D eigenvalue weighted by molar-refractivity contribution is -0.267. The number of rotatable bonds is 6. The summed E-state index contributed by atoms with van der Waals surface area (Å²) in [6.45, 7) is 0.934. The van der Waals surface area contributed by atoms with Crippen LogP contribution >= 0.6 is 23.2 Å². The van der Waals surface area contributed by atoms with Gasteiger partial charge in [-0.15, -0.1) is 0 Å². The van der Waals surface area contributed by atoms with Crippen molar-refractivity contribution in [3.8, 4) is 5.75 Å². The molecule has 0 aliphatic rings. The van der Waals surface area contributed by atoms with Gasteiger partial charge in [-0.1, -0.05) is 29.3 Å². The molecule has 2 N–H and O–H groups in total. The molecule has 30 heavy (non-hydrogen) atoms. The van der Waals surface area contributed by atoms with Crippen LogP contribution in [0.25, 0.3) is 0 Å². The van der Waals surface area contributed by atoms with Gasteiger partial charge in [0.05, 0.1) is 29.4 Å². The number of methoxy groups -OCH3 is 1. The summed E-state index contributed by atoms with van der Waals surface area (Å²) in [6, 6.07) is 6.78. The van der Waals surface area contributed by atoms with E-state index in [9.17, 15) is 27.9 Å². The van der Waals surface area contributed by atoms with Gasteiger partial charge in [0.2, 0.25) is 0 Å². The molecule has 2 aromatic rings. The molecule has 162 valence electrons. The van der Waals surface area contributed by atoms with Gasteiger partial charge in [0.15, 0.2) is 0 Å². The minimum absolute atomic E-state index is 0.00861. The van der Waals surface area contributed by atoms with Crippen molar-refractivity contribution in [3.63, 3.8) is 0 Å². The molecule has 0 unspecified atom stereocenters. The van der Waals surface area contributed by atoms with Crippen LogP contribution in [0.2, 0.25) is 10.0 Å². The molecule has 0 saturated carbocycles. The highest BCUT2D eigenvalue weighted by atomic mass is 35.5. The highest BCUT2D eigenvalue weighted by Gasteiger charge is 2.62. The van der Waals surface area contributed by atoms with Gasteiger partial charge in [-0.3, -0.25) is 4.79 Å². The highest BCUT2D eigenvalue weighted by molar-refractivity contribution is 6.42. The summed E-state index contributed by atoms with van der Waals surface area (Å²) in [5, 5.41) is 13.0. The second kappa shape index (κ2) is 9.11. The first-order valence-corrected chi connectivity index (χ1v) is 9.12. The number of benzene rings is 2. The largest absolute Gasteiger partial charge is 0.495 e. The molecule has 0 aliphatic carbocycles. The third-order valence-electron chi connectivity index (χ3n) is 4.03. The monoisotopic (exact) mass is 465 g/mol. The molecule has 0 heterocycles. The van der Waals surface area contributed by atoms with Crippen molar-refractivity contribution in [1.82, 2.24) is 0 Å². The Kier molecular flexibility index (Phi) is 7.23.